The lowest BCUT2D eigenvalue weighted by molar-refractivity contribution is 0.102. The van der Waals surface area contributed by atoms with Crippen molar-refractivity contribution in [3.8, 4) is 0 Å². The molecule has 1 aliphatic rings. The fourth-order valence-corrected chi connectivity index (χ4v) is 2.75. The maximum Gasteiger partial charge on any atom is 0.255 e. The van der Waals surface area contributed by atoms with Crippen LogP contribution in [0.1, 0.15) is 10.4 Å². The molecule has 0 atom stereocenters. The number of nitrogens with zero attached hydrogens (tertiary/aromatic N) is 3. The van der Waals surface area contributed by atoms with Crippen molar-refractivity contribution < 1.29 is 9.53 Å². The quantitative estimate of drug-likeness (QED) is 0.771. The number of aromatic nitrogens is 3. The van der Waals surface area contributed by atoms with Crippen LogP contribution in [0.4, 0.5) is 11.5 Å². The fraction of sp³-hybridized carbons (Fsp3) is 0.235. The summed E-state index contributed by atoms with van der Waals surface area (Å²) in [5, 5.41) is 10.7. The number of ether oxygens (including phenoxy) is 1. The molecule has 0 radical (unpaired) electrons. The molecule has 0 bridgehead atoms. The summed E-state index contributed by atoms with van der Waals surface area (Å²) in [5.74, 6) is 0.644. The Morgan fingerprint density at radius 1 is 1.21 bits per heavy atom. The molecule has 2 N–H and O–H groups in total. The van der Waals surface area contributed by atoms with Gasteiger partial charge in [0.1, 0.15) is 5.82 Å². The second-order valence-corrected chi connectivity index (χ2v) is 5.63. The highest BCUT2D eigenvalue weighted by Gasteiger charge is 2.14. The zero-order valence-corrected chi connectivity index (χ0v) is 13.0. The summed E-state index contributed by atoms with van der Waals surface area (Å²) in [5.41, 5.74) is 2.25. The maximum atomic E-state index is 12.5. The van der Waals surface area contributed by atoms with E-state index in [9.17, 15) is 4.79 Å². The van der Waals surface area contributed by atoms with Gasteiger partial charge in [0.25, 0.3) is 5.91 Å². The molecular weight excluding hydrogens is 306 g/mol. The predicted octanol–water partition coefficient (Wildman–Crippen LogP) is 2.05. The zero-order chi connectivity index (χ0) is 16.4. The third-order valence-electron chi connectivity index (χ3n) is 4.04. The van der Waals surface area contributed by atoms with Gasteiger partial charge in [0, 0.05) is 35.9 Å². The second kappa shape index (κ2) is 6.29. The van der Waals surface area contributed by atoms with Gasteiger partial charge in [0.05, 0.1) is 24.9 Å². The van der Waals surface area contributed by atoms with Gasteiger partial charge in [-0.1, -0.05) is 0 Å². The number of aromatic amines is 1. The lowest BCUT2D eigenvalue weighted by atomic mass is 10.2. The van der Waals surface area contributed by atoms with Crippen molar-refractivity contribution in [1.82, 2.24) is 15.2 Å². The van der Waals surface area contributed by atoms with E-state index in [4.69, 9.17) is 4.74 Å². The number of hydrogen-bond acceptors (Lipinski definition) is 5. The van der Waals surface area contributed by atoms with Crippen molar-refractivity contribution in [1.29, 1.82) is 0 Å². The first-order valence-electron chi connectivity index (χ1n) is 7.83. The summed E-state index contributed by atoms with van der Waals surface area (Å²) in [7, 11) is 0. The van der Waals surface area contributed by atoms with Gasteiger partial charge in [-0.15, -0.1) is 0 Å². The highest BCUT2D eigenvalue weighted by atomic mass is 16.5. The summed E-state index contributed by atoms with van der Waals surface area (Å²) >= 11 is 0. The molecule has 7 heteroatoms. The highest BCUT2D eigenvalue weighted by molar-refractivity contribution is 6.05. The van der Waals surface area contributed by atoms with Gasteiger partial charge in [-0.3, -0.25) is 9.89 Å². The van der Waals surface area contributed by atoms with Crippen molar-refractivity contribution in [2.75, 3.05) is 36.5 Å². The molecule has 1 fully saturated rings. The summed E-state index contributed by atoms with van der Waals surface area (Å²) in [6, 6.07) is 9.17. The predicted molar refractivity (Wildman–Crippen MR) is 91.3 cm³/mol. The highest BCUT2D eigenvalue weighted by Crippen LogP contribution is 2.19. The molecule has 24 heavy (non-hydrogen) atoms. The number of hydrogen-bond donors (Lipinski definition) is 2. The van der Waals surface area contributed by atoms with Crippen molar-refractivity contribution in [3.05, 3.63) is 48.3 Å². The molecule has 0 saturated carbocycles. The van der Waals surface area contributed by atoms with E-state index in [1.165, 1.54) is 0 Å². The van der Waals surface area contributed by atoms with Crippen molar-refractivity contribution in [2.45, 2.75) is 0 Å². The standard InChI is InChI=1S/C17H17N5O2/c23-17(20-14-1-2-15-13(9-14)11-19-21-15)12-3-4-18-16(10-12)22-5-7-24-8-6-22/h1-4,9-11H,5-8H2,(H,19,21)(H,20,23). The molecule has 3 aromatic rings. The number of H-pyrrole nitrogens is 1. The van der Waals surface area contributed by atoms with Crippen LogP contribution in [0, 0.1) is 0 Å². The molecule has 0 spiro atoms. The first kappa shape index (κ1) is 14.6. The Hall–Kier alpha value is -2.93. The number of carbonyl (C=O) groups is 1. The van der Waals surface area contributed by atoms with Crippen LogP contribution in [-0.4, -0.2) is 47.4 Å². The first-order chi connectivity index (χ1) is 11.8. The van der Waals surface area contributed by atoms with Crippen LogP contribution < -0.4 is 10.2 Å². The molecule has 4 rings (SSSR count). The van der Waals surface area contributed by atoms with E-state index >= 15 is 0 Å². The lowest BCUT2D eigenvalue weighted by Gasteiger charge is -2.27. The fourth-order valence-electron chi connectivity index (χ4n) is 2.75. The van der Waals surface area contributed by atoms with E-state index in [1.807, 2.05) is 24.3 Å². The third kappa shape index (κ3) is 2.93. The summed E-state index contributed by atoms with van der Waals surface area (Å²) in [4.78, 5) is 19.0. The summed E-state index contributed by atoms with van der Waals surface area (Å²) < 4.78 is 5.35. The Balaban J connectivity index is 1.53. The molecule has 1 aromatic carbocycles. The van der Waals surface area contributed by atoms with Gasteiger partial charge < -0.3 is 15.0 Å². The lowest BCUT2D eigenvalue weighted by Crippen LogP contribution is -2.36. The molecular formula is C17H17N5O2. The number of carbonyl (C=O) groups excluding carboxylic acids is 1. The largest absolute Gasteiger partial charge is 0.378 e. The van der Waals surface area contributed by atoms with Gasteiger partial charge in [0.15, 0.2) is 0 Å². The molecule has 1 aliphatic heterocycles. The van der Waals surface area contributed by atoms with Gasteiger partial charge in [-0.25, -0.2) is 4.98 Å². The minimum absolute atomic E-state index is 0.158. The van der Waals surface area contributed by atoms with Crippen molar-refractivity contribution >= 4 is 28.3 Å². The second-order valence-electron chi connectivity index (χ2n) is 5.63. The van der Waals surface area contributed by atoms with Crippen LogP contribution in [0.2, 0.25) is 0 Å². The van der Waals surface area contributed by atoms with E-state index in [0.717, 1.165) is 35.5 Å². The minimum atomic E-state index is -0.158. The number of nitrogens with one attached hydrogen (secondary N) is 2. The molecule has 122 valence electrons. The topological polar surface area (TPSA) is 83.1 Å². The van der Waals surface area contributed by atoms with Gasteiger partial charge in [-0.05, 0) is 30.3 Å². The molecule has 3 heterocycles. The van der Waals surface area contributed by atoms with Gasteiger partial charge in [-0.2, -0.15) is 5.10 Å². The maximum absolute atomic E-state index is 12.5. The van der Waals surface area contributed by atoms with Crippen LogP contribution in [0.5, 0.6) is 0 Å². The summed E-state index contributed by atoms with van der Waals surface area (Å²) in [6.07, 6.45) is 3.40. The Kier molecular flexibility index (Phi) is 3.84. The number of rotatable bonds is 3. The molecule has 2 aromatic heterocycles. The monoisotopic (exact) mass is 323 g/mol. The van der Waals surface area contributed by atoms with E-state index in [0.29, 0.717) is 18.8 Å². The zero-order valence-electron chi connectivity index (χ0n) is 13.0. The normalized spacial score (nSPS) is 14.8. The van der Waals surface area contributed by atoms with Crippen LogP contribution in [0.15, 0.2) is 42.7 Å². The SMILES string of the molecule is O=C(Nc1ccc2[nH]ncc2c1)c1ccnc(N2CCOCC2)c1. The number of amides is 1. The van der Waals surface area contributed by atoms with E-state index in [1.54, 1.807) is 18.5 Å². The molecule has 0 unspecified atom stereocenters. The third-order valence-corrected chi connectivity index (χ3v) is 4.04. The summed E-state index contributed by atoms with van der Waals surface area (Å²) in [6.45, 7) is 2.94. The number of morpholine rings is 1. The Morgan fingerprint density at radius 3 is 2.96 bits per heavy atom. The number of pyridine rings is 1. The molecule has 7 nitrogen and oxygen atoms in total. The van der Waals surface area contributed by atoms with Crippen LogP contribution >= 0.6 is 0 Å². The van der Waals surface area contributed by atoms with Crippen LogP contribution in [0.3, 0.4) is 0 Å². The number of fused-ring (bicyclic) bond motifs is 1. The van der Waals surface area contributed by atoms with Crippen LogP contribution in [-0.2, 0) is 4.74 Å². The van der Waals surface area contributed by atoms with Crippen molar-refractivity contribution in [2.24, 2.45) is 0 Å². The van der Waals surface area contributed by atoms with Crippen molar-refractivity contribution in [3.63, 3.8) is 0 Å². The average Bonchev–Trinajstić information content (AvgIpc) is 3.10. The Labute approximate surface area is 138 Å². The van der Waals surface area contributed by atoms with E-state index in [-0.39, 0.29) is 5.91 Å². The first-order valence-corrected chi connectivity index (χ1v) is 7.83. The Morgan fingerprint density at radius 2 is 2.08 bits per heavy atom. The number of anilines is 2. The van der Waals surface area contributed by atoms with Crippen LogP contribution in [0.25, 0.3) is 10.9 Å². The van der Waals surface area contributed by atoms with E-state index < -0.39 is 0 Å². The number of benzene rings is 1. The smallest absolute Gasteiger partial charge is 0.255 e. The molecule has 1 saturated heterocycles. The molecule has 0 aliphatic carbocycles. The van der Waals surface area contributed by atoms with Gasteiger partial charge >= 0.3 is 0 Å². The average molecular weight is 323 g/mol. The minimum Gasteiger partial charge on any atom is -0.378 e. The Bertz CT molecular complexity index is 870. The van der Waals surface area contributed by atoms with Gasteiger partial charge in [0.2, 0.25) is 0 Å². The molecule has 1 amide bonds. The van der Waals surface area contributed by atoms with E-state index in [2.05, 4.69) is 25.4 Å².